The Morgan fingerprint density at radius 1 is 0.824 bits per heavy atom. The van der Waals surface area contributed by atoms with E-state index in [-0.39, 0.29) is 26.0 Å². The summed E-state index contributed by atoms with van der Waals surface area (Å²) in [6.07, 6.45) is 7.76. The van der Waals surface area contributed by atoms with Crippen LogP contribution in [-0.2, 0) is 26.5 Å². The summed E-state index contributed by atoms with van der Waals surface area (Å²) in [5.41, 5.74) is 9.10. The van der Waals surface area contributed by atoms with Crippen LogP contribution in [0.15, 0.2) is 120 Å². The van der Waals surface area contributed by atoms with E-state index in [1.807, 2.05) is 131 Å². The molecule has 4 heteroatoms. The molecule has 1 unspecified atom stereocenters. The van der Waals surface area contributed by atoms with Crippen molar-refractivity contribution in [3.8, 4) is 22.5 Å². The maximum absolute atomic E-state index is 9.24. The topological polar surface area (TPSA) is 38.9 Å². The summed E-state index contributed by atoms with van der Waals surface area (Å²) >= 11 is 0. The molecule has 1 radical (unpaired) electrons. The fourth-order valence-electron chi connectivity index (χ4n) is 6.86. The van der Waals surface area contributed by atoms with Crippen molar-refractivity contribution in [3.63, 3.8) is 0 Å². The van der Waals surface area contributed by atoms with Gasteiger partial charge < -0.3 is 14.4 Å². The first-order valence-corrected chi connectivity index (χ1v) is 17.7. The van der Waals surface area contributed by atoms with Gasteiger partial charge in [-0.15, -0.1) is 54.1 Å². The minimum atomic E-state index is -1.28. The number of pyridine rings is 2. The number of hydrogen-bond donors (Lipinski definition) is 0. The van der Waals surface area contributed by atoms with Gasteiger partial charge in [0.1, 0.15) is 5.58 Å². The number of rotatable bonds is 7. The van der Waals surface area contributed by atoms with Crippen molar-refractivity contribution >= 4 is 21.9 Å². The van der Waals surface area contributed by atoms with Gasteiger partial charge in [0.05, 0.1) is 5.58 Å². The molecule has 261 valence electrons. The predicted octanol–water partition coefficient (Wildman–Crippen LogP) is 12.7. The number of aryl methyl sites for hydroxylation is 1. The summed E-state index contributed by atoms with van der Waals surface area (Å²) in [5.74, 6) is -1.55. The molecule has 3 heterocycles. The Hall–Kier alpha value is -4.37. The fraction of sp³-hybridized carbons (Fsp3) is 0.277. The summed E-state index contributed by atoms with van der Waals surface area (Å²) in [5, 5.41) is 1.88. The second-order valence-electron chi connectivity index (χ2n) is 13.4. The average Bonchev–Trinajstić information content (AvgIpc) is 3.58. The molecule has 0 bridgehead atoms. The predicted molar refractivity (Wildman–Crippen MR) is 207 cm³/mol. The van der Waals surface area contributed by atoms with E-state index < -0.39 is 18.2 Å². The van der Waals surface area contributed by atoms with Crippen molar-refractivity contribution in [2.45, 2.75) is 78.0 Å². The molecule has 3 aromatic heterocycles. The van der Waals surface area contributed by atoms with E-state index in [4.69, 9.17) is 8.53 Å². The third-order valence-corrected chi connectivity index (χ3v) is 9.71. The van der Waals surface area contributed by atoms with Gasteiger partial charge in [-0.05, 0) is 65.3 Å². The second kappa shape index (κ2) is 16.8. The van der Waals surface area contributed by atoms with Gasteiger partial charge in [-0.2, -0.15) is 0 Å². The first-order chi connectivity index (χ1) is 25.9. The molecular formula is C47H46IrN2O-2. The Balaban J connectivity index is 0.000000196. The molecule has 7 aromatic rings. The zero-order chi connectivity index (χ0) is 38.1. The zero-order valence-electron chi connectivity index (χ0n) is 33.7. The van der Waals surface area contributed by atoms with E-state index in [2.05, 4.69) is 22.1 Å². The van der Waals surface area contributed by atoms with Gasteiger partial charge in [0.15, 0.2) is 0 Å². The quantitative estimate of drug-likeness (QED) is 0.150. The van der Waals surface area contributed by atoms with Crippen LogP contribution in [0, 0.1) is 25.0 Å². The Labute approximate surface area is 322 Å². The third kappa shape index (κ3) is 8.25. The maximum atomic E-state index is 9.24. The molecule has 1 fully saturated rings. The molecule has 1 saturated carbocycles. The van der Waals surface area contributed by atoms with Crippen molar-refractivity contribution in [1.82, 2.24) is 9.97 Å². The van der Waals surface area contributed by atoms with Crippen molar-refractivity contribution in [1.29, 1.82) is 0 Å². The van der Waals surface area contributed by atoms with E-state index in [1.54, 1.807) is 12.4 Å². The van der Waals surface area contributed by atoms with Crippen molar-refractivity contribution < 1.29 is 30.0 Å². The number of fused-ring (bicyclic) bond motifs is 3. The molecule has 51 heavy (non-hydrogen) atoms. The van der Waals surface area contributed by atoms with Crippen LogP contribution in [0.3, 0.4) is 0 Å². The molecule has 1 aliphatic rings. The first-order valence-electron chi connectivity index (χ1n) is 19.7. The normalized spacial score (nSPS) is 16.1. The van der Waals surface area contributed by atoms with E-state index in [0.717, 1.165) is 92.4 Å². The Bertz CT molecular complexity index is 2380. The monoisotopic (exact) mass is 851 g/mol. The van der Waals surface area contributed by atoms with Crippen LogP contribution >= 0.6 is 0 Å². The van der Waals surface area contributed by atoms with Gasteiger partial charge >= 0.3 is 0 Å². The number of nitrogens with zero attached hydrogens (tertiary/aromatic N) is 2. The summed E-state index contributed by atoms with van der Waals surface area (Å²) in [6, 6.07) is 39.6. The van der Waals surface area contributed by atoms with Gasteiger partial charge in [-0.3, -0.25) is 0 Å². The average molecular weight is 851 g/mol. The molecule has 1 aliphatic carbocycles. The van der Waals surface area contributed by atoms with Crippen LogP contribution in [0.5, 0.6) is 0 Å². The summed E-state index contributed by atoms with van der Waals surface area (Å²) in [7, 11) is 0. The third-order valence-electron chi connectivity index (χ3n) is 9.71. The first kappa shape index (κ1) is 31.4. The molecule has 0 aliphatic heterocycles. The van der Waals surface area contributed by atoms with Gasteiger partial charge in [-0.1, -0.05) is 130 Å². The van der Waals surface area contributed by atoms with E-state index >= 15 is 0 Å². The molecular weight excluding hydrogens is 801 g/mol. The largest absolute Gasteiger partial charge is 0.501 e. The van der Waals surface area contributed by atoms with Gasteiger partial charge in [0.2, 0.25) is 0 Å². The van der Waals surface area contributed by atoms with E-state index in [0.29, 0.717) is 5.58 Å². The number of furan rings is 1. The summed E-state index contributed by atoms with van der Waals surface area (Å²) in [6.45, 7) is 7.61. The Kier molecular flexibility index (Phi) is 10.3. The van der Waals surface area contributed by atoms with Crippen molar-refractivity contribution in [3.05, 3.63) is 155 Å². The molecule has 3 nitrogen and oxygen atoms in total. The standard InChI is InChI=1S/C28H24NO.C19H22N.Ir/c1-18(2)21-15-16-29-25(17-21)23-12-7-13-24-27-22(11-8-14-26(27)30-28(23)24)19(3)20-9-5-4-6-10-20;1-15-14-20-19(17-10-6-3-7-11-17)13-18(15)12-16-8-4-2-5-9-16;/h4-11,13-19H,1-3H3;3,6-7,10,13-14,16H,2,4-5,8-9,12H2,1H3;/q2*-1;/i18D,19D;12D2;. The molecule has 4 aromatic carbocycles. The molecule has 0 spiro atoms. The molecule has 8 rings (SSSR count). The molecule has 0 amide bonds. The SMILES string of the molecule is [2H]C(C)(C)c1ccnc(-c2[c-]ccc3c2oc2cccc(C([2H])(C)c4ccccc4)c23)c1.[2H]C([2H])(c1cc(-c2[c-]cccc2)ncc1C)C1CCCCC1.[Ir]. The van der Waals surface area contributed by atoms with Crippen LogP contribution < -0.4 is 0 Å². The van der Waals surface area contributed by atoms with Crippen LogP contribution in [-0.4, -0.2) is 9.97 Å². The zero-order valence-corrected chi connectivity index (χ0v) is 32.1. The van der Waals surface area contributed by atoms with Crippen molar-refractivity contribution in [2.24, 2.45) is 5.92 Å². The number of hydrogen-bond acceptors (Lipinski definition) is 3. The number of aromatic nitrogens is 2. The molecule has 1 atom stereocenters. The number of benzene rings is 4. The molecule has 0 N–H and O–H groups in total. The van der Waals surface area contributed by atoms with Gasteiger partial charge in [0.25, 0.3) is 0 Å². The van der Waals surface area contributed by atoms with Crippen LogP contribution in [0.1, 0.15) is 98.0 Å². The van der Waals surface area contributed by atoms with Crippen molar-refractivity contribution in [2.75, 3.05) is 0 Å². The fourth-order valence-corrected chi connectivity index (χ4v) is 6.86. The minimum absolute atomic E-state index is 0. The minimum Gasteiger partial charge on any atom is -0.501 e. The second-order valence-corrected chi connectivity index (χ2v) is 13.4. The molecule has 0 saturated heterocycles. The van der Waals surface area contributed by atoms with Gasteiger partial charge in [0, 0.05) is 49.3 Å². The van der Waals surface area contributed by atoms with Gasteiger partial charge in [-0.25, -0.2) is 0 Å². The van der Waals surface area contributed by atoms with Crippen LogP contribution in [0.4, 0.5) is 0 Å². The van der Waals surface area contributed by atoms with E-state index in [1.165, 1.54) is 6.42 Å². The smallest absolute Gasteiger partial charge is 0.121 e. The maximum Gasteiger partial charge on any atom is 0.121 e. The van der Waals surface area contributed by atoms with Crippen LogP contribution in [0.25, 0.3) is 44.5 Å². The summed E-state index contributed by atoms with van der Waals surface area (Å²) < 4.78 is 41.3. The Morgan fingerprint density at radius 3 is 2.39 bits per heavy atom. The van der Waals surface area contributed by atoms with Crippen LogP contribution in [0.2, 0.25) is 0 Å². The van der Waals surface area contributed by atoms with E-state index in [9.17, 15) is 1.37 Å². The summed E-state index contributed by atoms with van der Waals surface area (Å²) in [4.78, 5) is 9.02. The Morgan fingerprint density at radius 2 is 1.63 bits per heavy atom.